The topological polar surface area (TPSA) is 82.8 Å². The van der Waals surface area contributed by atoms with Crippen LogP contribution in [0, 0.1) is 0 Å². The van der Waals surface area contributed by atoms with Gasteiger partial charge < -0.3 is 15.3 Å². The molecule has 3 aromatic rings. The van der Waals surface area contributed by atoms with Gasteiger partial charge in [0.25, 0.3) is 0 Å². The number of benzene rings is 1. The van der Waals surface area contributed by atoms with Crippen LogP contribution in [0.4, 0.5) is 5.95 Å². The Morgan fingerprint density at radius 3 is 2.77 bits per heavy atom. The molecule has 3 heterocycles. The summed E-state index contributed by atoms with van der Waals surface area (Å²) in [6.45, 7) is 3.44. The van der Waals surface area contributed by atoms with Crippen LogP contribution in [0.5, 0.6) is 0 Å². The number of anilines is 1. The SMILES string of the molecule is O=C(O)c1cnc(N2CCNCC2)n2c1nc1ccccc12. The van der Waals surface area contributed by atoms with Crippen LogP contribution in [0.2, 0.25) is 0 Å². The minimum atomic E-state index is -1.01. The molecule has 0 amide bonds. The summed E-state index contributed by atoms with van der Waals surface area (Å²) in [5.41, 5.74) is 2.21. The number of para-hydroxylation sites is 2. The van der Waals surface area contributed by atoms with Crippen LogP contribution in [0.3, 0.4) is 0 Å². The number of carboxylic acids is 1. The zero-order valence-electron chi connectivity index (χ0n) is 11.9. The summed E-state index contributed by atoms with van der Waals surface area (Å²) in [5.74, 6) is -0.269. The van der Waals surface area contributed by atoms with Gasteiger partial charge in [-0.15, -0.1) is 0 Å². The first kappa shape index (κ1) is 13.0. The standard InChI is InChI=1S/C15H15N5O2/c21-14(22)10-9-17-15(19-7-5-16-6-8-19)20-12-4-2-1-3-11(12)18-13(10)20/h1-4,9,16H,5-8H2,(H,21,22). The Bertz CT molecular complexity index is 867. The Morgan fingerprint density at radius 1 is 1.23 bits per heavy atom. The number of rotatable bonds is 2. The number of hydrogen-bond acceptors (Lipinski definition) is 5. The van der Waals surface area contributed by atoms with Gasteiger partial charge in [0.15, 0.2) is 5.65 Å². The molecule has 1 aromatic carbocycles. The van der Waals surface area contributed by atoms with Gasteiger partial charge in [0.05, 0.1) is 11.0 Å². The van der Waals surface area contributed by atoms with Gasteiger partial charge in [0.2, 0.25) is 5.95 Å². The Morgan fingerprint density at radius 2 is 2.00 bits per heavy atom. The average Bonchev–Trinajstić information content (AvgIpc) is 2.94. The summed E-state index contributed by atoms with van der Waals surface area (Å²) in [6, 6.07) is 7.64. The van der Waals surface area contributed by atoms with E-state index in [1.807, 2.05) is 28.7 Å². The lowest BCUT2D eigenvalue weighted by Gasteiger charge is -2.28. The lowest BCUT2D eigenvalue weighted by molar-refractivity contribution is 0.0698. The second-order valence-corrected chi connectivity index (χ2v) is 5.27. The van der Waals surface area contributed by atoms with Crippen LogP contribution in [-0.4, -0.2) is 51.6 Å². The van der Waals surface area contributed by atoms with Gasteiger partial charge in [-0.1, -0.05) is 12.1 Å². The molecule has 7 heteroatoms. The van der Waals surface area contributed by atoms with E-state index in [2.05, 4.69) is 20.2 Å². The molecule has 22 heavy (non-hydrogen) atoms. The van der Waals surface area contributed by atoms with E-state index in [9.17, 15) is 9.90 Å². The van der Waals surface area contributed by atoms with Crippen molar-refractivity contribution in [2.75, 3.05) is 31.1 Å². The minimum Gasteiger partial charge on any atom is -0.477 e. The highest BCUT2D eigenvalue weighted by atomic mass is 16.4. The molecule has 0 unspecified atom stereocenters. The fraction of sp³-hybridized carbons (Fsp3) is 0.267. The second-order valence-electron chi connectivity index (χ2n) is 5.27. The maximum Gasteiger partial charge on any atom is 0.341 e. The van der Waals surface area contributed by atoms with Crippen LogP contribution < -0.4 is 10.2 Å². The Balaban J connectivity index is 2.04. The van der Waals surface area contributed by atoms with E-state index < -0.39 is 5.97 Å². The molecule has 1 aliphatic heterocycles. The van der Waals surface area contributed by atoms with Gasteiger partial charge in [-0.3, -0.25) is 4.40 Å². The number of carboxylic acid groups (broad SMARTS) is 1. The van der Waals surface area contributed by atoms with Crippen molar-refractivity contribution in [2.45, 2.75) is 0 Å². The molecule has 2 N–H and O–H groups in total. The van der Waals surface area contributed by atoms with Gasteiger partial charge in [-0.05, 0) is 12.1 Å². The van der Waals surface area contributed by atoms with Gasteiger partial charge >= 0.3 is 5.97 Å². The summed E-state index contributed by atoms with van der Waals surface area (Å²) in [6.07, 6.45) is 1.40. The van der Waals surface area contributed by atoms with Crippen molar-refractivity contribution >= 4 is 28.6 Å². The Hall–Kier alpha value is -2.67. The monoisotopic (exact) mass is 297 g/mol. The number of piperazine rings is 1. The van der Waals surface area contributed by atoms with E-state index in [0.29, 0.717) is 5.65 Å². The third kappa shape index (κ3) is 1.90. The fourth-order valence-corrected chi connectivity index (χ4v) is 2.89. The van der Waals surface area contributed by atoms with Gasteiger partial charge in [-0.2, -0.15) is 0 Å². The molecule has 4 rings (SSSR count). The lowest BCUT2D eigenvalue weighted by Crippen LogP contribution is -2.44. The number of hydrogen-bond donors (Lipinski definition) is 2. The molecule has 112 valence electrons. The number of imidazole rings is 1. The molecule has 0 atom stereocenters. The number of nitrogens with one attached hydrogen (secondary N) is 1. The van der Waals surface area contributed by atoms with E-state index in [1.54, 1.807) is 0 Å². The fourth-order valence-electron chi connectivity index (χ4n) is 2.89. The zero-order valence-corrected chi connectivity index (χ0v) is 11.9. The molecule has 7 nitrogen and oxygen atoms in total. The number of fused-ring (bicyclic) bond motifs is 3. The molecular weight excluding hydrogens is 282 g/mol. The van der Waals surface area contributed by atoms with Gasteiger partial charge in [0, 0.05) is 32.4 Å². The zero-order chi connectivity index (χ0) is 15.1. The third-order valence-electron chi connectivity index (χ3n) is 3.94. The predicted octanol–water partition coefficient (Wildman–Crippen LogP) is 0.990. The molecule has 0 saturated carbocycles. The van der Waals surface area contributed by atoms with Crippen LogP contribution in [-0.2, 0) is 0 Å². The maximum absolute atomic E-state index is 11.5. The predicted molar refractivity (Wildman–Crippen MR) is 82.5 cm³/mol. The molecule has 1 fully saturated rings. The molecule has 0 aliphatic carbocycles. The number of aromatic nitrogens is 3. The van der Waals surface area contributed by atoms with Crippen molar-refractivity contribution in [1.29, 1.82) is 0 Å². The maximum atomic E-state index is 11.5. The van der Waals surface area contributed by atoms with Crippen LogP contribution in [0.15, 0.2) is 30.5 Å². The average molecular weight is 297 g/mol. The van der Waals surface area contributed by atoms with Crippen molar-refractivity contribution in [1.82, 2.24) is 19.7 Å². The first-order chi connectivity index (χ1) is 10.8. The van der Waals surface area contributed by atoms with E-state index in [0.717, 1.165) is 43.2 Å². The molecule has 1 aliphatic rings. The van der Waals surface area contributed by atoms with E-state index >= 15 is 0 Å². The Labute approximate surface area is 126 Å². The second kappa shape index (κ2) is 4.96. The van der Waals surface area contributed by atoms with Crippen molar-refractivity contribution in [3.63, 3.8) is 0 Å². The summed E-state index contributed by atoms with van der Waals surface area (Å²) < 4.78 is 1.85. The Kier molecular flexibility index (Phi) is 2.93. The molecule has 0 bridgehead atoms. The normalized spacial score (nSPS) is 15.5. The summed E-state index contributed by atoms with van der Waals surface area (Å²) in [7, 11) is 0. The highest BCUT2D eigenvalue weighted by Crippen LogP contribution is 2.24. The third-order valence-corrected chi connectivity index (χ3v) is 3.94. The number of aromatic carboxylic acids is 1. The first-order valence-corrected chi connectivity index (χ1v) is 7.21. The smallest absolute Gasteiger partial charge is 0.341 e. The largest absolute Gasteiger partial charge is 0.477 e. The van der Waals surface area contributed by atoms with Crippen LogP contribution >= 0.6 is 0 Å². The van der Waals surface area contributed by atoms with Crippen molar-refractivity contribution < 1.29 is 9.90 Å². The van der Waals surface area contributed by atoms with Crippen molar-refractivity contribution in [3.8, 4) is 0 Å². The number of nitrogens with zero attached hydrogens (tertiary/aromatic N) is 4. The van der Waals surface area contributed by atoms with Crippen LogP contribution in [0.1, 0.15) is 10.4 Å². The first-order valence-electron chi connectivity index (χ1n) is 7.21. The lowest BCUT2D eigenvalue weighted by atomic mass is 10.3. The molecule has 0 radical (unpaired) electrons. The summed E-state index contributed by atoms with van der Waals surface area (Å²) in [4.78, 5) is 22.5. The molecule has 2 aromatic heterocycles. The van der Waals surface area contributed by atoms with Gasteiger partial charge in [-0.25, -0.2) is 14.8 Å². The molecule has 0 spiro atoms. The van der Waals surface area contributed by atoms with Crippen molar-refractivity contribution in [2.24, 2.45) is 0 Å². The number of carbonyl (C=O) groups is 1. The minimum absolute atomic E-state index is 0.120. The van der Waals surface area contributed by atoms with Crippen LogP contribution in [0.25, 0.3) is 16.7 Å². The quantitative estimate of drug-likeness (QED) is 0.734. The van der Waals surface area contributed by atoms with Gasteiger partial charge in [0.1, 0.15) is 5.56 Å². The van der Waals surface area contributed by atoms with Crippen molar-refractivity contribution in [3.05, 3.63) is 36.0 Å². The van der Waals surface area contributed by atoms with E-state index in [4.69, 9.17) is 0 Å². The summed E-state index contributed by atoms with van der Waals surface area (Å²) >= 11 is 0. The highest BCUT2D eigenvalue weighted by Gasteiger charge is 2.21. The summed E-state index contributed by atoms with van der Waals surface area (Å²) in [5, 5.41) is 12.7. The molecular formula is C15H15N5O2. The van der Waals surface area contributed by atoms with E-state index in [1.165, 1.54) is 6.20 Å². The van der Waals surface area contributed by atoms with E-state index in [-0.39, 0.29) is 5.56 Å². The highest BCUT2D eigenvalue weighted by molar-refractivity contribution is 5.97. The molecule has 1 saturated heterocycles.